The van der Waals surface area contributed by atoms with E-state index < -0.39 is 29.2 Å². The lowest BCUT2D eigenvalue weighted by atomic mass is 10.0. The van der Waals surface area contributed by atoms with Gasteiger partial charge in [-0.25, -0.2) is 9.86 Å². The predicted molar refractivity (Wildman–Crippen MR) is 78.9 cm³/mol. The van der Waals surface area contributed by atoms with Crippen LogP contribution in [-0.2, 0) is 14.4 Å². The van der Waals surface area contributed by atoms with Crippen molar-refractivity contribution in [3.05, 3.63) is 0 Å². The lowest BCUT2D eigenvalue weighted by Crippen LogP contribution is -2.59. The summed E-state index contributed by atoms with van der Waals surface area (Å²) in [7, 11) is 2.79. The van der Waals surface area contributed by atoms with Gasteiger partial charge in [0.15, 0.2) is 0 Å². The molecular formula is C14H28N2O5. The lowest BCUT2D eigenvalue weighted by molar-refractivity contribution is -0.179. The number of rotatable bonds is 5. The molecule has 0 aliphatic rings. The van der Waals surface area contributed by atoms with Crippen molar-refractivity contribution in [2.75, 3.05) is 20.8 Å². The maximum Gasteiger partial charge on any atom is 0.408 e. The fourth-order valence-corrected chi connectivity index (χ4v) is 1.77. The fourth-order valence-electron chi connectivity index (χ4n) is 1.77. The van der Waals surface area contributed by atoms with E-state index in [0.29, 0.717) is 0 Å². The average molecular weight is 304 g/mol. The van der Waals surface area contributed by atoms with Gasteiger partial charge in [-0.05, 0) is 41.5 Å². The van der Waals surface area contributed by atoms with Crippen molar-refractivity contribution < 1.29 is 24.3 Å². The molecule has 0 heterocycles. The van der Waals surface area contributed by atoms with E-state index in [1.165, 1.54) is 14.2 Å². The third kappa shape index (κ3) is 6.31. The minimum Gasteiger partial charge on any atom is -0.465 e. The van der Waals surface area contributed by atoms with Crippen molar-refractivity contribution in [1.29, 1.82) is 0 Å². The highest BCUT2D eigenvalue weighted by molar-refractivity contribution is 5.85. The highest BCUT2D eigenvalue weighted by Gasteiger charge is 2.39. The quantitative estimate of drug-likeness (QED) is 0.786. The van der Waals surface area contributed by atoms with Gasteiger partial charge in [0.1, 0.15) is 6.04 Å². The second kappa shape index (κ2) is 7.09. The first-order valence-corrected chi connectivity index (χ1v) is 6.79. The van der Waals surface area contributed by atoms with Crippen molar-refractivity contribution >= 4 is 12.0 Å². The van der Waals surface area contributed by atoms with E-state index in [4.69, 9.17) is 9.57 Å². The Hall–Kier alpha value is -1.34. The molecule has 21 heavy (non-hydrogen) atoms. The molecule has 0 fully saturated rings. The highest BCUT2D eigenvalue weighted by atomic mass is 16.7. The third-order valence-electron chi connectivity index (χ3n) is 2.78. The molecule has 0 saturated heterocycles. The van der Waals surface area contributed by atoms with Gasteiger partial charge in [0.05, 0.1) is 19.3 Å². The molecule has 0 saturated carbocycles. The number of nitrogens with zero attached hydrogens (tertiary/aromatic N) is 2. The Morgan fingerprint density at radius 3 is 1.90 bits per heavy atom. The second-order valence-electron chi connectivity index (χ2n) is 6.78. The number of hydrogen-bond donors (Lipinski definition) is 1. The first kappa shape index (κ1) is 19.7. The molecular weight excluding hydrogens is 276 g/mol. The van der Waals surface area contributed by atoms with Gasteiger partial charge in [-0.1, -0.05) is 0 Å². The van der Waals surface area contributed by atoms with Crippen molar-refractivity contribution in [1.82, 2.24) is 9.96 Å². The molecule has 0 aliphatic heterocycles. The van der Waals surface area contributed by atoms with Gasteiger partial charge in [0.2, 0.25) is 0 Å². The Balaban J connectivity index is 5.46. The summed E-state index contributed by atoms with van der Waals surface area (Å²) < 4.78 is 5.63. The number of amides is 2. The van der Waals surface area contributed by atoms with Crippen LogP contribution in [0.5, 0.6) is 0 Å². The number of carbonyl (C=O) groups is 2. The van der Waals surface area contributed by atoms with E-state index >= 15 is 0 Å². The highest BCUT2D eigenvalue weighted by Crippen LogP contribution is 2.21. The second-order valence-corrected chi connectivity index (χ2v) is 6.78. The van der Waals surface area contributed by atoms with Gasteiger partial charge in [-0.3, -0.25) is 14.5 Å². The summed E-state index contributed by atoms with van der Waals surface area (Å²) in [5.74, 6) is -0.473. The van der Waals surface area contributed by atoms with Gasteiger partial charge in [0, 0.05) is 12.6 Å². The van der Waals surface area contributed by atoms with Gasteiger partial charge in [-0.15, -0.1) is 0 Å². The van der Waals surface area contributed by atoms with Crippen LogP contribution in [-0.4, -0.2) is 65.0 Å². The smallest absolute Gasteiger partial charge is 0.408 e. The Kier molecular flexibility index (Phi) is 6.63. The zero-order valence-electron chi connectivity index (χ0n) is 14.3. The molecule has 1 N–H and O–H groups in total. The molecule has 0 aromatic carbocycles. The third-order valence-corrected chi connectivity index (χ3v) is 2.78. The Bertz CT molecular complexity index is 371. The molecule has 124 valence electrons. The van der Waals surface area contributed by atoms with Crippen LogP contribution in [0.3, 0.4) is 0 Å². The monoisotopic (exact) mass is 304 g/mol. The summed E-state index contributed by atoms with van der Waals surface area (Å²) in [4.78, 5) is 30.0. The zero-order valence-corrected chi connectivity index (χ0v) is 14.3. The summed E-state index contributed by atoms with van der Waals surface area (Å²) in [5, 5.41) is 10.5. The van der Waals surface area contributed by atoms with Crippen LogP contribution in [0.1, 0.15) is 41.5 Å². The van der Waals surface area contributed by atoms with Crippen LogP contribution in [0.2, 0.25) is 0 Å². The van der Waals surface area contributed by atoms with Crippen LogP contribution in [0.25, 0.3) is 0 Å². The number of likely N-dealkylation sites (N-methyl/N-ethyl adjacent to an activating group) is 1. The molecule has 0 bridgehead atoms. The van der Waals surface area contributed by atoms with Crippen LogP contribution in [0, 0.1) is 0 Å². The summed E-state index contributed by atoms with van der Waals surface area (Å²) in [6, 6.07) is -0.980. The largest absolute Gasteiger partial charge is 0.465 e. The Morgan fingerprint density at radius 1 is 1.14 bits per heavy atom. The van der Waals surface area contributed by atoms with Crippen molar-refractivity contribution in [3.8, 4) is 0 Å². The molecule has 0 aromatic rings. The van der Waals surface area contributed by atoms with Gasteiger partial charge >= 0.3 is 6.09 Å². The van der Waals surface area contributed by atoms with Gasteiger partial charge in [-0.2, -0.15) is 0 Å². The minimum absolute atomic E-state index is 0.0421. The van der Waals surface area contributed by atoms with Crippen LogP contribution >= 0.6 is 0 Å². The normalized spacial score (nSPS) is 13.7. The standard InChI is InChI=1S/C14H28N2O5/c1-13(2,3)16(12(18)19)10(9-21-14(4,5)6)11(17)15(7)20-8/h10H,9H2,1-8H3,(H,18,19)/t10-/m0/s1. The number of ether oxygens (including phenoxy) is 1. The maximum absolute atomic E-state index is 12.4. The lowest BCUT2D eigenvalue weighted by Gasteiger charge is -2.40. The SMILES string of the molecule is CON(C)C(=O)[C@H](COC(C)(C)C)N(C(=O)O)C(C)(C)C. The summed E-state index contributed by atoms with van der Waals surface area (Å²) in [6.07, 6.45) is -1.18. The minimum atomic E-state index is -1.18. The van der Waals surface area contributed by atoms with Crippen molar-refractivity contribution in [2.24, 2.45) is 0 Å². The molecule has 0 radical (unpaired) electrons. The number of hydroxylamine groups is 2. The van der Waals surface area contributed by atoms with E-state index in [2.05, 4.69) is 0 Å². The van der Waals surface area contributed by atoms with E-state index in [-0.39, 0.29) is 6.61 Å². The predicted octanol–water partition coefficient (Wildman–Crippen LogP) is 1.97. The summed E-state index contributed by atoms with van der Waals surface area (Å²) >= 11 is 0. The maximum atomic E-state index is 12.4. The summed E-state index contributed by atoms with van der Waals surface area (Å²) in [6.45, 7) is 10.7. The molecule has 0 unspecified atom stereocenters. The molecule has 0 rings (SSSR count). The van der Waals surface area contributed by atoms with Crippen LogP contribution < -0.4 is 0 Å². The van der Waals surface area contributed by atoms with Crippen LogP contribution in [0.15, 0.2) is 0 Å². The van der Waals surface area contributed by atoms with E-state index in [1.54, 1.807) is 20.8 Å². The number of carbonyl (C=O) groups excluding carboxylic acids is 1. The molecule has 2 amide bonds. The molecule has 0 spiro atoms. The molecule has 7 nitrogen and oxygen atoms in total. The Morgan fingerprint density at radius 2 is 1.62 bits per heavy atom. The zero-order chi connectivity index (χ0) is 17.0. The van der Waals surface area contributed by atoms with Crippen LogP contribution in [0.4, 0.5) is 4.79 Å². The van der Waals surface area contributed by atoms with Crippen molar-refractivity contribution in [2.45, 2.75) is 58.7 Å². The fraction of sp³-hybridized carbons (Fsp3) is 0.857. The number of hydrogen-bond acceptors (Lipinski definition) is 4. The topological polar surface area (TPSA) is 79.3 Å². The molecule has 1 atom stereocenters. The molecule has 7 heteroatoms. The molecule has 0 aromatic heterocycles. The van der Waals surface area contributed by atoms with E-state index in [1.807, 2.05) is 20.8 Å². The molecule has 0 aliphatic carbocycles. The first-order chi connectivity index (χ1) is 9.31. The average Bonchev–Trinajstić information content (AvgIpc) is 2.28. The first-order valence-electron chi connectivity index (χ1n) is 6.79. The van der Waals surface area contributed by atoms with Gasteiger partial charge < -0.3 is 9.84 Å². The van der Waals surface area contributed by atoms with Gasteiger partial charge in [0.25, 0.3) is 5.91 Å². The van der Waals surface area contributed by atoms with Crippen molar-refractivity contribution in [3.63, 3.8) is 0 Å². The van der Waals surface area contributed by atoms with E-state index in [9.17, 15) is 14.7 Å². The van der Waals surface area contributed by atoms with E-state index in [0.717, 1.165) is 9.96 Å². The summed E-state index contributed by atoms with van der Waals surface area (Å²) in [5.41, 5.74) is -1.23. The Labute approximate surface area is 126 Å². The number of carboxylic acid groups (broad SMARTS) is 1.